The minimum Gasteiger partial charge on any atom is -0.463 e. The van der Waals surface area contributed by atoms with Crippen LogP contribution in [0.25, 0.3) is 12.2 Å². The Labute approximate surface area is 221 Å². The summed E-state index contributed by atoms with van der Waals surface area (Å²) in [7, 11) is -1.02. The normalized spacial score (nSPS) is 12.7. The van der Waals surface area contributed by atoms with Crippen LogP contribution in [-0.4, -0.2) is 49.9 Å². The number of rotatable bonds is 8. The summed E-state index contributed by atoms with van der Waals surface area (Å²) in [6.07, 6.45) is 2.02. The van der Waals surface area contributed by atoms with Gasteiger partial charge in [-0.25, -0.2) is 26.3 Å². The lowest BCUT2D eigenvalue weighted by atomic mass is 10.2. The molecule has 1 amide bonds. The first-order chi connectivity index (χ1) is 17.8. The van der Waals surface area contributed by atoms with Gasteiger partial charge in [0.05, 0.1) is 22.1 Å². The summed E-state index contributed by atoms with van der Waals surface area (Å²) in [6.45, 7) is 2.75. The second-order valence-electron chi connectivity index (χ2n) is 8.18. The Kier molecular flexibility index (Phi) is 8.97. The molecule has 1 heterocycles. The van der Waals surface area contributed by atoms with Crippen molar-refractivity contribution in [3.05, 3.63) is 78.7 Å². The number of thiazole rings is 1. The minimum atomic E-state index is -3.77. The van der Waals surface area contributed by atoms with Crippen LogP contribution in [0.1, 0.15) is 18.1 Å². The van der Waals surface area contributed by atoms with Crippen molar-refractivity contribution in [2.75, 3.05) is 26.0 Å². The summed E-state index contributed by atoms with van der Waals surface area (Å²) >= 11 is 0.753. The number of benzene rings is 2. The predicted octanol–water partition coefficient (Wildman–Crippen LogP) is 1.56. The largest absolute Gasteiger partial charge is 0.463 e. The number of nitrogens with one attached hydrogen (secondary N) is 1. The monoisotopic (exact) mass is 565 g/mol. The number of aryl methyl sites for hydroxylation is 1. The molecule has 0 saturated heterocycles. The molecule has 0 aliphatic carbocycles. The van der Waals surface area contributed by atoms with Gasteiger partial charge in [0.2, 0.25) is 15.9 Å². The van der Waals surface area contributed by atoms with E-state index in [2.05, 4.69) is 5.32 Å². The van der Waals surface area contributed by atoms with Crippen molar-refractivity contribution in [1.29, 1.82) is 0 Å². The third-order valence-corrected chi connectivity index (χ3v) is 8.17. The molecule has 0 aliphatic heterocycles. The van der Waals surface area contributed by atoms with Crippen LogP contribution in [0.15, 0.2) is 46.1 Å². The van der Waals surface area contributed by atoms with E-state index >= 15 is 0 Å². The second kappa shape index (κ2) is 11.8. The van der Waals surface area contributed by atoms with Gasteiger partial charge < -0.3 is 10.1 Å². The Balaban J connectivity index is 2.05. The molecule has 1 N–H and O–H groups in total. The Morgan fingerprint density at radius 2 is 1.82 bits per heavy atom. The topological polar surface area (TPSA) is 115 Å². The van der Waals surface area contributed by atoms with E-state index in [1.54, 1.807) is 13.8 Å². The fourth-order valence-corrected chi connectivity index (χ4v) is 5.24. The van der Waals surface area contributed by atoms with Gasteiger partial charge in [-0.05, 0) is 49.8 Å². The molecule has 0 saturated carbocycles. The van der Waals surface area contributed by atoms with E-state index in [1.165, 1.54) is 38.4 Å². The number of amides is 1. The maximum atomic E-state index is 14.2. The quantitative estimate of drug-likeness (QED) is 0.415. The van der Waals surface area contributed by atoms with Crippen LogP contribution in [0.2, 0.25) is 0 Å². The number of aromatic nitrogens is 1. The molecule has 38 heavy (non-hydrogen) atoms. The molecule has 0 radical (unpaired) electrons. The average Bonchev–Trinajstić information content (AvgIpc) is 3.11. The van der Waals surface area contributed by atoms with E-state index in [0.717, 1.165) is 44.5 Å². The highest BCUT2D eigenvalue weighted by Gasteiger charge is 2.19. The Hall–Kier alpha value is -3.68. The van der Waals surface area contributed by atoms with Gasteiger partial charge in [0.25, 0.3) is 5.56 Å². The number of carbonyl (C=O) groups excluding carboxylic acids is 2. The number of halogens is 2. The highest BCUT2D eigenvalue weighted by atomic mass is 32.2. The van der Waals surface area contributed by atoms with E-state index < -0.39 is 51.2 Å². The van der Waals surface area contributed by atoms with Crippen molar-refractivity contribution < 1.29 is 31.5 Å². The molecule has 0 bridgehead atoms. The zero-order valence-electron chi connectivity index (χ0n) is 20.9. The number of ether oxygens (including phenoxy) is 1. The van der Waals surface area contributed by atoms with Crippen molar-refractivity contribution >= 4 is 51.1 Å². The van der Waals surface area contributed by atoms with E-state index in [9.17, 15) is 31.6 Å². The zero-order chi connectivity index (χ0) is 28.2. The third kappa shape index (κ3) is 6.41. The first-order valence-electron chi connectivity index (χ1n) is 11.2. The summed E-state index contributed by atoms with van der Waals surface area (Å²) < 4.78 is 60.1. The van der Waals surface area contributed by atoms with Crippen molar-refractivity contribution in [2.45, 2.75) is 25.3 Å². The number of anilines is 1. The van der Waals surface area contributed by atoms with E-state index in [0.29, 0.717) is 5.56 Å². The van der Waals surface area contributed by atoms with Crippen molar-refractivity contribution in [3.63, 3.8) is 0 Å². The molecule has 2 aromatic carbocycles. The summed E-state index contributed by atoms with van der Waals surface area (Å²) in [6, 6.07) is 7.48. The fourth-order valence-electron chi connectivity index (χ4n) is 3.30. The minimum absolute atomic E-state index is 0.0206. The van der Waals surface area contributed by atoms with Crippen LogP contribution in [0.3, 0.4) is 0 Å². The van der Waals surface area contributed by atoms with Gasteiger partial charge in [-0.1, -0.05) is 12.1 Å². The molecule has 0 aliphatic rings. The van der Waals surface area contributed by atoms with Crippen LogP contribution < -0.4 is 20.1 Å². The lowest BCUT2D eigenvalue weighted by Crippen LogP contribution is -2.36. The third-order valence-electron chi connectivity index (χ3n) is 5.30. The van der Waals surface area contributed by atoms with Gasteiger partial charge >= 0.3 is 5.97 Å². The van der Waals surface area contributed by atoms with Crippen molar-refractivity contribution in [2.24, 2.45) is 0 Å². The van der Waals surface area contributed by atoms with Crippen LogP contribution in [0.4, 0.5) is 14.5 Å². The molecular weight excluding hydrogens is 540 g/mol. The maximum absolute atomic E-state index is 14.2. The molecule has 13 heteroatoms. The average molecular weight is 566 g/mol. The smallest absolute Gasteiger partial charge is 0.333 e. The number of hydrogen-bond acceptors (Lipinski definition) is 7. The molecule has 3 rings (SSSR count). The first kappa shape index (κ1) is 28.9. The van der Waals surface area contributed by atoms with Gasteiger partial charge in [0.15, 0.2) is 0 Å². The Bertz CT molecular complexity index is 1660. The highest BCUT2D eigenvalue weighted by Crippen LogP contribution is 2.22. The fraction of sp³-hybridized carbons (Fsp3) is 0.240. The molecule has 3 aromatic rings. The SMILES string of the molecule is CCOC(=O)/C=c1/s/c(=C\c2c(F)cccc2F)c(=O)n1CC(=O)Nc1cc(S(=O)(=O)N(C)C)ccc1C. The number of esters is 1. The molecule has 202 valence electrons. The lowest BCUT2D eigenvalue weighted by Gasteiger charge is -2.14. The predicted molar refractivity (Wildman–Crippen MR) is 140 cm³/mol. The summed E-state index contributed by atoms with van der Waals surface area (Å²) in [5.41, 5.74) is -0.433. The lowest BCUT2D eigenvalue weighted by molar-refractivity contribution is -0.135. The van der Waals surface area contributed by atoms with Gasteiger partial charge in [-0.3, -0.25) is 14.2 Å². The molecular formula is C25H25F2N3O6S2. The van der Waals surface area contributed by atoms with Crippen molar-refractivity contribution in [1.82, 2.24) is 8.87 Å². The molecule has 1 aromatic heterocycles. The van der Waals surface area contributed by atoms with Gasteiger partial charge in [-0.15, -0.1) is 11.3 Å². The van der Waals surface area contributed by atoms with Gasteiger partial charge in [-0.2, -0.15) is 0 Å². The van der Waals surface area contributed by atoms with Crippen molar-refractivity contribution in [3.8, 4) is 0 Å². The molecule has 0 atom stereocenters. The highest BCUT2D eigenvalue weighted by molar-refractivity contribution is 7.89. The summed E-state index contributed by atoms with van der Waals surface area (Å²) in [5, 5.41) is 2.58. The molecule has 0 fully saturated rings. The zero-order valence-corrected chi connectivity index (χ0v) is 22.6. The number of hydrogen-bond donors (Lipinski definition) is 1. The first-order valence-corrected chi connectivity index (χ1v) is 13.5. The number of nitrogens with zero attached hydrogens (tertiary/aromatic N) is 2. The molecule has 0 spiro atoms. The number of sulfonamides is 1. The van der Waals surface area contributed by atoms with Gasteiger partial charge in [0.1, 0.15) is 22.8 Å². The van der Waals surface area contributed by atoms with E-state index in [-0.39, 0.29) is 26.4 Å². The molecule has 0 unspecified atom stereocenters. The Morgan fingerprint density at radius 1 is 1.16 bits per heavy atom. The van der Waals surface area contributed by atoms with Crippen LogP contribution >= 0.6 is 11.3 Å². The molecule has 9 nitrogen and oxygen atoms in total. The van der Waals surface area contributed by atoms with Gasteiger partial charge in [0, 0.05) is 25.3 Å². The summed E-state index contributed by atoms with van der Waals surface area (Å²) in [5.74, 6) is -3.25. The second-order valence-corrected chi connectivity index (χ2v) is 11.4. The maximum Gasteiger partial charge on any atom is 0.333 e. The van der Waals surface area contributed by atoms with Crippen LogP contribution in [-0.2, 0) is 30.9 Å². The number of carbonyl (C=O) groups is 2. The Morgan fingerprint density at radius 3 is 2.42 bits per heavy atom. The van der Waals surface area contributed by atoms with E-state index in [1.807, 2.05) is 0 Å². The standard InChI is InChI=1S/C25H25F2N3O6S2/c1-5-36-24(32)13-23-30(25(33)21(37-23)12-17-18(26)7-6-8-19(17)27)14-22(31)28-20-11-16(10-9-15(20)2)38(34,35)29(3)4/h6-13H,5,14H2,1-4H3,(H,28,31)/b21-12-,23-13+. The van der Waals surface area contributed by atoms with Crippen LogP contribution in [0, 0.1) is 18.6 Å². The summed E-state index contributed by atoms with van der Waals surface area (Å²) in [4.78, 5) is 38.1. The van der Waals surface area contributed by atoms with E-state index in [4.69, 9.17) is 4.74 Å². The van der Waals surface area contributed by atoms with Crippen LogP contribution in [0.5, 0.6) is 0 Å².